The fourth-order valence-corrected chi connectivity index (χ4v) is 2.01. The third kappa shape index (κ3) is 4.14. The molecule has 1 rings (SSSR count). The molecule has 1 aliphatic heterocycles. The van der Waals surface area contributed by atoms with Crippen molar-refractivity contribution in [2.45, 2.75) is 51.4 Å². The molecule has 0 bridgehead atoms. The van der Waals surface area contributed by atoms with Crippen LogP contribution in [0.5, 0.6) is 0 Å². The van der Waals surface area contributed by atoms with Crippen LogP contribution in [0.2, 0.25) is 0 Å². The second-order valence-corrected chi connectivity index (χ2v) is 5.47. The van der Waals surface area contributed by atoms with E-state index in [0.717, 1.165) is 6.42 Å². The van der Waals surface area contributed by atoms with Crippen molar-refractivity contribution in [2.75, 3.05) is 13.1 Å². The molecule has 1 N–H and O–H groups in total. The van der Waals surface area contributed by atoms with Gasteiger partial charge in [-0.1, -0.05) is 0 Å². The molecule has 2 atom stereocenters. The summed E-state index contributed by atoms with van der Waals surface area (Å²) in [7, 11) is 0. The molecule has 0 spiro atoms. The summed E-state index contributed by atoms with van der Waals surface area (Å²) in [5.41, 5.74) is -0.613. The van der Waals surface area contributed by atoms with Gasteiger partial charge in [0.25, 0.3) is 0 Å². The Balaban J connectivity index is 2.64. The lowest BCUT2D eigenvalue weighted by molar-refractivity contribution is -0.491. The quantitative estimate of drug-likeness (QED) is 0.604. The molecule has 1 heterocycles. The van der Waals surface area contributed by atoms with Crippen molar-refractivity contribution in [3.05, 3.63) is 10.1 Å². The van der Waals surface area contributed by atoms with Crippen LogP contribution < -0.4 is 0 Å². The lowest BCUT2D eigenvalue weighted by Gasteiger charge is -2.29. The summed E-state index contributed by atoms with van der Waals surface area (Å²) >= 11 is 0. The van der Waals surface area contributed by atoms with Gasteiger partial charge in [-0.2, -0.15) is 0 Å². The van der Waals surface area contributed by atoms with Gasteiger partial charge in [0.05, 0.1) is 6.04 Å². The Labute approximate surface area is 106 Å². The summed E-state index contributed by atoms with van der Waals surface area (Å²) in [6.45, 7) is 5.18. The number of carbonyl (C=O) groups is 1. The summed E-state index contributed by atoms with van der Waals surface area (Å²) in [4.78, 5) is 23.1. The maximum absolute atomic E-state index is 11.9. The first kappa shape index (κ1) is 14.7. The number of amides is 1. The Morgan fingerprint density at radius 2 is 2.22 bits per heavy atom. The molecule has 7 nitrogen and oxygen atoms in total. The molecule has 18 heavy (non-hydrogen) atoms. The van der Waals surface area contributed by atoms with Crippen LogP contribution in [0.4, 0.5) is 4.79 Å². The molecule has 7 heteroatoms. The third-order valence-electron chi connectivity index (χ3n) is 2.71. The molecule has 0 saturated carbocycles. The van der Waals surface area contributed by atoms with Crippen LogP contribution in [0.3, 0.4) is 0 Å². The highest BCUT2D eigenvalue weighted by molar-refractivity contribution is 5.69. The number of hydrogen-bond donors (Lipinski definition) is 1. The average molecular weight is 260 g/mol. The van der Waals surface area contributed by atoms with Gasteiger partial charge in [-0.15, -0.1) is 0 Å². The van der Waals surface area contributed by atoms with Crippen molar-refractivity contribution in [1.82, 2.24) is 4.90 Å². The van der Waals surface area contributed by atoms with E-state index in [1.54, 1.807) is 20.8 Å². The maximum Gasteiger partial charge on any atom is 0.410 e. The van der Waals surface area contributed by atoms with Crippen molar-refractivity contribution in [3.8, 4) is 0 Å². The van der Waals surface area contributed by atoms with Crippen LogP contribution in [0.25, 0.3) is 0 Å². The summed E-state index contributed by atoms with van der Waals surface area (Å²) < 4.78 is 5.21. The van der Waals surface area contributed by atoms with Crippen LogP contribution in [0.1, 0.15) is 33.6 Å². The van der Waals surface area contributed by atoms with Crippen LogP contribution in [0, 0.1) is 10.1 Å². The van der Waals surface area contributed by atoms with Gasteiger partial charge in [-0.25, -0.2) is 4.79 Å². The minimum absolute atomic E-state index is 0.467. The second kappa shape index (κ2) is 5.51. The predicted octanol–water partition coefficient (Wildman–Crippen LogP) is 1.02. The zero-order valence-corrected chi connectivity index (χ0v) is 11.0. The molecule has 0 aromatic rings. The van der Waals surface area contributed by atoms with Crippen molar-refractivity contribution < 1.29 is 19.6 Å². The van der Waals surface area contributed by atoms with E-state index in [9.17, 15) is 20.0 Å². The maximum atomic E-state index is 11.9. The van der Waals surface area contributed by atoms with Crippen LogP contribution in [0.15, 0.2) is 0 Å². The van der Waals surface area contributed by atoms with E-state index >= 15 is 0 Å². The van der Waals surface area contributed by atoms with E-state index in [0.29, 0.717) is 13.0 Å². The molecule has 1 fully saturated rings. The summed E-state index contributed by atoms with van der Waals surface area (Å²) in [6.07, 6.45) is -0.380. The first-order valence-electron chi connectivity index (χ1n) is 6.00. The molecule has 0 aromatic heterocycles. The number of rotatable bonds is 3. The van der Waals surface area contributed by atoms with E-state index in [4.69, 9.17) is 4.74 Å². The van der Waals surface area contributed by atoms with Crippen molar-refractivity contribution >= 4 is 6.09 Å². The Morgan fingerprint density at radius 1 is 1.61 bits per heavy atom. The lowest BCUT2D eigenvalue weighted by Crippen LogP contribution is -2.47. The molecular formula is C11H20N2O5. The van der Waals surface area contributed by atoms with Gasteiger partial charge in [0.1, 0.15) is 11.7 Å². The molecule has 0 aliphatic carbocycles. The zero-order valence-electron chi connectivity index (χ0n) is 11.0. The van der Waals surface area contributed by atoms with Crippen molar-refractivity contribution in [2.24, 2.45) is 0 Å². The minimum Gasteiger partial charge on any atom is -0.444 e. The molecule has 2 unspecified atom stereocenters. The third-order valence-corrected chi connectivity index (χ3v) is 2.71. The Bertz CT molecular complexity index is 326. The first-order chi connectivity index (χ1) is 8.20. The highest BCUT2D eigenvalue weighted by atomic mass is 16.6. The van der Waals surface area contributed by atoms with Crippen LogP contribution in [-0.4, -0.2) is 51.9 Å². The number of nitrogens with zero attached hydrogens (tertiary/aromatic N) is 2. The number of ether oxygens (including phenoxy) is 1. The molecule has 1 saturated heterocycles. The lowest BCUT2D eigenvalue weighted by atomic mass is 10.1. The van der Waals surface area contributed by atoms with E-state index < -0.39 is 35.3 Å². The summed E-state index contributed by atoms with van der Waals surface area (Å²) in [6, 6.07) is -0.523. The highest BCUT2D eigenvalue weighted by Gasteiger charge is 2.38. The van der Waals surface area contributed by atoms with Gasteiger partial charge >= 0.3 is 6.09 Å². The largest absolute Gasteiger partial charge is 0.444 e. The number of aliphatic hydroxyl groups excluding tert-OH is 1. The summed E-state index contributed by atoms with van der Waals surface area (Å²) in [5.74, 6) is 0. The molecular weight excluding hydrogens is 240 g/mol. The topological polar surface area (TPSA) is 92.9 Å². The Hall–Kier alpha value is -1.37. The monoisotopic (exact) mass is 260 g/mol. The molecule has 0 radical (unpaired) electrons. The van der Waals surface area contributed by atoms with Gasteiger partial charge in [0, 0.05) is 11.5 Å². The van der Waals surface area contributed by atoms with E-state index in [-0.39, 0.29) is 0 Å². The number of hydrogen-bond acceptors (Lipinski definition) is 5. The van der Waals surface area contributed by atoms with Gasteiger partial charge in [0.2, 0.25) is 6.54 Å². The normalized spacial score (nSPS) is 21.8. The average Bonchev–Trinajstić information content (AvgIpc) is 2.61. The second-order valence-electron chi connectivity index (χ2n) is 5.47. The fourth-order valence-electron chi connectivity index (χ4n) is 2.01. The standard InChI is InChI=1S/C11H20N2O5/c1-11(2,3)18-10(15)12-6-4-5-8(12)9(14)7-13(16)17/h8-9,14H,4-7H2,1-3H3. The van der Waals surface area contributed by atoms with Crippen LogP contribution in [-0.2, 0) is 4.74 Å². The van der Waals surface area contributed by atoms with Crippen LogP contribution >= 0.6 is 0 Å². The van der Waals surface area contributed by atoms with Gasteiger partial charge in [0.15, 0.2) is 0 Å². The van der Waals surface area contributed by atoms with Gasteiger partial charge in [-0.05, 0) is 33.6 Å². The van der Waals surface area contributed by atoms with E-state index in [1.165, 1.54) is 4.90 Å². The van der Waals surface area contributed by atoms with Gasteiger partial charge in [-0.3, -0.25) is 10.1 Å². The minimum atomic E-state index is -1.14. The molecule has 1 amide bonds. The Kier molecular flexibility index (Phi) is 4.50. The number of likely N-dealkylation sites (tertiary alicyclic amines) is 1. The Morgan fingerprint density at radius 3 is 2.72 bits per heavy atom. The first-order valence-corrected chi connectivity index (χ1v) is 6.00. The van der Waals surface area contributed by atoms with E-state index in [2.05, 4.69) is 0 Å². The highest BCUT2D eigenvalue weighted by Crippen LogP contribution is 2.23. The zero-order chi connectivity index (χ0) is 13.9. The van der Waals surface area contributed by atoms with Gasteiger partial charge < -0.3 is 14.7 Å². The fraction of sp³-hybridized carbons (Fsp3) is 0.909. The SMILES string of the molecule is CC(C)(C)OC(=O)N1CCCC1C(O)C[N+](=O)[O-]. The molecule has 104 valence electrons. The smallest absolute Gasteiger partial charge is 0.410 e. The van der Waals surface area contributed by atoms with Crippen molar-refractivity contribution in [3.63, 3.8) is 0 Å². The molecule has 1 aliphatic rings. The number of aliphatic hydroxyl groups is 1. The van der Waals surface area contributed by atoms with E-state index in [1.807, 2.05) is 0 Å². The van der Waals surface area contributed by atoms with Crippen molar-refractivity contribution in [1.29, 1.82) is 0 Å². The molecule has 0 aromatic carbocycles. The predicted molar refractivity (Wildman–Crippen MR) is 63.8 cm³/mol. The number of nitro groups is 1. The summed E-state index contributed by atoms with van der Waals surface area (Å²) in [5, 5.41) is 20.1. The number of carbonyl (C=O) groups excluding carboxylic acids is 1.